The number of hydrogen-bond donors (Lipinski definition) is 1. The number of carbonyl (C=O) groups is 2. The van der Waals surface area contributed by atoms with E-state index in [4.69, 9.17) is 9.26 Å². The third kappa shape index (κ3) is 3.79. The monoisotopic (exact) mass is 452 g/mol. The second-order valence-electron chi connectivity index (χ2n) is 5.65. The van der Waals surface area contributed by atoms with Crippen molar-refractivity contribution in [3.05, 3.63) is 50.4 Å². The SMILES string of the molecule is CCOC(=O)c1noc2nc(C)n(CC(=O)Nc3ccc(Br)cc3F)c(=O)c12. The van der Waals surface area contributed by atoms with Gasteiger partial charge >= 0.3 is 5.97 Å². The summed E-state index contributed by atoms with van der Waals surface area (Å²) < 4.78 is 25.2. The molecule has 0 saturated heterocycles. The molecule has 0 atom stereocenters. The second-order valence-corrected chi connectivity index (χ2v) is 6.57. The predicted molar refractivity (Wildman–Crippen MR) is 99.5 cm³/mol. The van der Waals surface area contributed by atoms with Gasteiger partial charge in [0.25, 0.3) is 11.3 Å². The first kappa shape index (κ1) is 19.7. The number of carbonyl (C=O) groups excluding carboxylic acids is 2. The van der Waals surface area contributed by atoms with Crippen LogP contribution < -0.4 is 10.9 Å². The Balaban J connectivity index is 1.94. The van der Waals surface area contributed by atoms with Crippen molar-refractivity contribution in [2.45, 2.75) is 20.4 Å². The normalized spacial score (nSPS) is 10.9. The lowest BCUT2D eigenvalue weighted by Gasteiger charge is -2.10. The van der Waals surface area contributed by atoms with Crippen LogP contribution in [-0.2, 0) is 16.1 Å². The zero-order chi connectivity index (χ0) is 20.4. The number of anilines is 1. The molecule has 0 radical (unpaired) electrons. The van der Waals surface area contributed by atoms with E-state index in [1.165, 1.54) is 19.1 Å². The molecule has 1 N–H and O–H groups in total. The van der Waals surface area contributed by atoms with E-state index in [9.17, 15) is 18.8 Å². The van der Waals surface area contributed by atoms with E-state index in [1.54, 1.807) is 13.0 Å². The summed E-state index contributed by atoms with van der Waals surface area (Å²) in [6.07, 6.45) is 0. The van der Waals surface area contributed by atoms with Gasteiger partial charge in [0, 0.05) is 4.47 Å². The number of ether oxygens (including phenoxy) is 1. The molecular weight excluding hydrogens is 439 g/mol. The Morgan fingerprint density at radius 3 is 2.82 bits per heavy atom. The average molecular weight is 453 g/mol. The van der Waals surface area contributed by atoms with Crippen molar-refractivity contribution < 1.29 is 23.2 Å². The molecule has 1 aromatic carbocycles. The quantitative estimate of drug-likeness (QED) is 0.590. The molecule has 3 rings (SSSR count). The van der Waals surface area contributed by atoms with Crippen LogP contribution in [0.2, 0.25) is 0 Å². The Morgan fingerprint density at radius 2 is 2.14 bits per heavy atom. The molecule has 1 amide bonds. The van der Waals surface area contributed by atoms with Gasteiger partial charge in [-0.3, -0.25) is 14.2 Å². The van der Waals surface area contributed by atoms with Crippen LogP contribution in [0.25, 0.3) is 11.1 Å². The number of rotatable bonds is 5. The molecule has 0 unspecified atom stereocenters. The van der Waals surface area contributed by atoms with Crippen LogP contribution in [-0.4, -0.2) is 33.2 Å². The summed E-state index contributed by atoms with van der Waals surface area (Å²) in [5.74, 6) is -1.96. The fraction of sp³-hybridized carbons (Fsp3) is 0.235. The number of fused-ring (bicyclic) bond motifs is 1. The van der Waals surface area contributed by atoms with Gasteiger partial charge in [-0.2, -0.15) is 4.98 Å². The van der Waals surface area contributed by atoms with Crippen molar-refractivity contribution in [3.63, 3.8) is 0 Å². The van der Waals surface area contributed by atoms with Crippen LogP contribution in [0.5, 0.6) is 0 Å². The van der Waals surface area contributed by atoms with Gasteiger partial charge in [-0.25, -0.2) is 9.18 Å². The molecule has 0 saturated carbocycles. The standard InChI is InChI=1S/C17H14BrFN4O5/c1-3-27-17(26)14-13-15(28-22-14)20-8(2)23(16(13)25)7-12(24)21-11-5-4-9(18)6-10(11)19/h4-6H,3,7H2,1-2H3,(H,21,24). The van der Waals surface area contributed by atoms with E-state index in [0.29, 0.717) is 4.47 Å². The molecular formula is C17H14BrFN4O5. The first-order valence-corrected chi connectivity index (χ1v) is 8.90. The maximum absolute atomic E-state index is 13.9. The van der Waals surface area contributed by atoms with Crippen LogP contribution in [0.3, 0.4) is 0 Å². The highest BCUT2D eigenvalue weighted by atomic mass is 79.9. The Morgan fingerprint density at radius 1 is 1.39 bits per heavy atom. The van der Waals surface area contributed by atoms with Crippen molar-refractivity contribution in [1.29, 1.82) is 0 Å². The van der Waals surface area contributed by atoms with E-state index in [1.807, 2.05) is 0 Å². The van der Waals surface area contributed by atoms with Crippen molar-refractivity contribution >= 4 is 44.6 Å². The number of halogens is 2. The first-order chi connectivity index (χ1) is 13.3. The summed E-state index contributed by atoms with van der Waals surface area (Å²) in [5.41, 5.74) is -1.19. The summed E-state index contributed by atoms with van der Waals surface area (Å²) >= 11 is 3.12. The molecule has 0 aliphatic rings. The molecule has 2 heterocycles. The zero-order valence-electron chi connectivity index (χ0n) is 14.8. The van der Waals surface area contributed by atoms with E-state index in [-0.39, 0.29) is 34.9 Å². The molecule has 2 aromatic heterocycles. The molecule has 11 heteroatoms. The minimum Gasteiger partial charge on any atom is -0.461 e. The van der Waals surface area contributed by atoms with Crippen LogP contribution in [0, 0.1) is 12.7 Å². The van der Waals surface area contributed by atoms with E-state index in [0.717, 1.165) is 4.57 Å². The summed E-state index contributed by atoms with van der Waals surface area (Å²) in [6.45, 7) is 2.73. The van der Waals surface area contributed by atoms with E-state index >= 15 is 0 Å². The van der Waals surface area contributed by atoms with Gasteiger partial charge in [-0.05, 0) is 32.0 Å². The van der Waals surface area contributed by atoms with Crippen LogP contribution in [0.4, 0.5) is 10.1 Å². The lowest BCUT2D eigenvalue weighted by atomic mass is 10.3. The minimum atomic E-state index is -0.836. The Bertz CT molecular complexity index is 1140. The number of amides is 1. The maximum Gasteiger partial charge on any atom is 0.361 e. The summed E-state index contributed by atoms with van der Waals surface area (Å²) in [4.78, 5) is 41.1. The van der Waals surface area contributed by atoms with Gasteiger partial charge in [0.1, 0.15) is 23.6 Å². The van der Waals surface area contributed by atoms with Crippen molar-refractivity contribution in [2.24, 2.45) is 0 Å². The Kier molecular flexibility index (Phi) is 5.54. The highest BCUT2D eigenvalue weighted by Crippen LogP contribution is 2.19. The largest absolute Gasteiger partial charge is 0.461 e. The fourth-order valence-electron chi connectivity index (χ4n) is 2.49. The molecule has 0 aliphatic carbocycles. The summed E-state index contributed by atoms with van der Waals surface area (Å²) in [5, 5.41) is 5.74. The second kappa shape index (κ2) is 7.89. The number of nitrogens with one attached hydrogen (secondary N) is 1. The van der Waals surface area contributed by atoms with Gasteiger partial charge in [-0.15, -0.1) is 0 Å². The fourth-order valence-corrected chi connectivity index (χ4v) is 2.82. The minimum absolute atomic E-state index is 0.0369. The van der Waals surface area contributed by atoms with Gasteiger partial charge in [0.05, 0.1) is 12.3 Å². The highest BCUT2D eigenvalue weighted by molar-refractivity contribution is 9.10. The Labute approximate surface area is 165 Å². The molecule has 0 spiro atoms. The van der Waals surface area contributed by atoms with Crippen LogP contribution in [0.15, 0.2) is 32.0 Å². The molecule has 9 nitrogen and oxygen atoms in total. The number of esters is 1. The number of benzene rings is 1. The molecule has 0 aliphatic heterocycles. The number of aryl methyl sites for hydroxylation is 1. The van der Waals surface area contributed by atoms with Crippen molar-refractivity contribution in [2.75, 3.05) is 11.9 Å². The van der Waals surface area contributed by atoms with Crippen molar-refractivity contribution in [3.8, 4) is 0 Å². The molecule has 0 fully saturated rings. The molecule has 28 heavy (non-hydrogen) atoms. The Hall–Kier alpha value is -3.08. The third-order valence-electron chi connectivity index (χ3n) is 3.76. The predicted octanol–water partition coefficient (Wildman–Crippen LogP) is 2.41. The summed E-state index contributed by atoms with van der Waals surface area (Å²) in [7, 11) is 0. The average Bonchev–Trinajstić information content (AvgIpc) is 3.05. The first-order valence-electron chi connectivity index (χ1n) is 8.10. The van der Waals surface area contributed by atoms with E-state index in [2.05, 4.69) is 31.4 Å². The van der Waals surface area contributed by atoms with Gasteiger partial charge < -0.3 is 14.6 Å². The lowest BCUT2D eigenvalue weighted by molar-refractivity contribution is -0.116. The molecule has 3 aromatic rings. The number of nitrogens with zero attached hydrogens (tertiary/aromatic N) is 3. The summed E-state index contributed by atoms with van der Waals surface area (Å²) in [6, 6.07) is 4.14. The van der Waals surface area contributed by atoms with Crippen LogP contribution >= 0.6 is 15.9 Å². The van der Waals surface area contributed by atoms with Gasteiger partial charge in [0.15, 0.2) is 0 Å². The van der Waals surface area contributed by atoms with Gasteiger partial charge in [-0.1, -0.05) is 21.1 Å². The smallest absolute Gasteiger partial charge is 0.361 e. The number of aromatic nitrogens is 3. The zero-order valence-corrected chi connectivity index (χ0v) is 16.4. The third-order valence-corrected chi connectivity index (χ3v) is 4.26. The van der Waals surface area contributed by atoms with Gasteiger partial charge in [0.2, 0.25) is 11.6 Å². The number of hydrogen-bond acceptors (Lipinski definition) is 7. The molecule has 146 valence electrons. The molecule has 0 bridgehead atoms. The lowest BCUT2D eigenvalue weighted by Crippen LogP contribution is -2.30. The van der Waals surface area contributed by atoms with Crippen LogP contribution in [0.1, 0.15) is 23.2 Å². The highest BCUT2D eigenvalue weighted by Gasteiger charge is 2.24. The van der Waals surface area contributed by atoms with Crippen molar-refractivity contribution in [1.82, 2.24) is 14.7 Å². The topological polar surface area (TPSA) is 116 Å². The maximum atomic E-state index is 13.9. The van der Waals surface area contributed by atoms with E-state index < -0.39 is 29.8 Å².